The molecule has 0 amide bonds. The van der Waals surface area contributed by atoms with Gasteiger partial charge < -0.3 is 14.1 Å². The summed E-state index contributed by atoms with van der Waals surface area (Å²) < 4.78 is 13.8. The van der Waals surface area contributed by atoms with Crippen molar-refractivity contribution in [2.24, 2.45) is 0 Å². The van der Waals surface area contributed by atoms with Gasteiger partial charge >= 0.3 is 0 Å². The summed E-state index contributed by atoms with van der Waals surface area (Å²) in [4.78, 5) is 19.1. The van der Waals surface area contributed by atoms with Crippen LogP contribution in [0.4, 0.5) is 0 Å². The third-order valence-electron chi connectivity index (χ3n) is 8.09. The number of nitrogens with one attached hydrogen (secondary N) is 1. The average molecular weight is 517 g/mol. The Morgan fingerprint density at radius 3 is 2.79 bits per heavy atom. The van der Waals surface area contributed by atoms with Crippen LogP contribution in [0, 0.1) is 0 Å². The molecule has 2 fully saturated rings. The third kappa shape index (κ3) is 5.17. The van der Waals surface area contributed by atoms with Gasteiger partial charge in [-0.3, -0.25) is 9.69 Å². The molecule has 2 aliphatic rings. The lowest BCUT2D eigenvalue weighted by Crippen LogP contribution is -2.39. The Balaban J connectivity index is 1.50. The van der Waals surface area contributed by atoms with Gasteiger partial charge in [0.25, 0.3) is 5.56 Å². The summed E-state index contributed by atoms with van der Waals surface area (Å²) in [6, 6.07) is 11.9. The fourth-order valence-corrected chi connectivity index (χ4v) is 6.08. The summed E-state index contributed by atoms with van der Waals surface area (Å²) in [5.74, 6) is 1.54. The topological polar surface area (TPSA) is 102 Å². The van der Waals surface area contributed by atoms with E-state index in [1.807, 2.05) is 28.9 Å². The lowest BCUT2D eigenvalue weighted by molar-refractivity contribution is 0.0539. The molecule has 0 radical (unpaired) electrons. The number of nitrogens with zero attached hydrogens (tertiary/aromatic N) is 5. The number of pyridine rings is 1. The second-order valence-electron chi connectivity index (χ2n) is 10.6. The van der Waals surface area contributed by atoms with Crippen LogP contribution in [0.3, 0.4) is 0 Å². The fraction of sp³-hybridized carbons (Fsp3) is 0.517. The quantitative estimate of drug-likeness (QED) is 0.336. The second-order valence-corrected chi connectivity index (χ2v) is 10.6. The highest BCUT2D eigenvalue weighted by Gasteiger charge is 2.35. The Hall–Kier alpha value is -3.30. The molecule has 9 heteroatoms. The third-order valence-corrected chi connectivity index (χ3v) is 8.09. The minimum atomic E-state index is -0.459. The number of aromatic amines is 1. The van der Waals surface area contributed by atoms with Crippen molar-refractivity contribution in [2.45, 2.75) is 83.0 Å². The minimum Gasteiger partial charge on any atom is -0.468 e. The largest absolute Gasteiger partial charge is 0.468 e. The first-order valence-electron chi connectivity index (χ1n) is 14.0. The van der Waals surface area contributed by atoms with Crippen molar-refractivity contribution in [3.8, 4) is 0 Å². The molecule has 38 heavy (non-hydrogen) atoms. The van der Waals surface area contributed by atoms with Crippen LogP contribution in [0.5, 0.6) is 0 Å². The average Bonchev–Trinajstić information content (AvgIpc) is 3.73. The predicted octanol–water partition coefficient (Wildman–Crippen LogP) is 4.95. The van der Waals surface area contributed by atoms with E-state index in [0.29, 0.717) is 24.5 Å². The zero-order valence-electron chi connectivity index (χ0n) is 22.0. The van der Waals surface area contributed by atoms with Crippen LogP contribution in [0.15, 0.2) is 51.9 Å². The second kappa shape index (κ2) is 11.2. The van der Waals surface area contributed by atoms with Crippen LogP contribution in [0.2, 0.25) is 0 Å². The summed E-state index contributed by atoms with van der Waals surface area (Å²) in [6.07, 6.45) is 10.4. The normalized spacial score (nSPS) is 19.5. The Bertz CT molecular complexity index is 1400. The van der Waals surface area contributed by atoms with Crippen LogP contribution >= 0.6 is 0 Å². The van der Waals surface area contributed by atoms with E-state index >= 15 is 0 Å². The van der Waals surface area contributed by atoms with E-state index in [4.69, 9.17) is 9.15 Å². The van der Waals surface area contributed by atoms with Crippen molar-refractivity contribution in [3.63, 3.8) is 0 Å². The number of H-pyrrole nitrogens is 1. The molecule has 0 spiro atoms. The lowest BCUT2D eigenvalue weighted by Gasteiger charge is -2.33. The highest BCUT2D eigenvalue weighted by molar-refractivity contribution is 5.80. The number of ether oxygens (including phenoxy) is 1. The number of hydrogen-bond acceptors (Lipinski definition) is 7. The number of tetrazole rings is 1. The zero-order chi connectivity index (χ0) is 25.9. The minimum absolute atomic E-state index is 0.0812. The van der Waals surface area contributed by atoms with Crippen molar-refractivity contribution >= 4 is 10.9 Å². The SMILES string of the molecule is CCc1ccc2[nH]c(=O)c([C@H](c3nnnn3C3CCCCC3)N(Cc3ccco3)C[C@H]3CCCO3)cc2c1. The van der Waals surface area contributed by atoms with Gasteiger partial charge in [-0.2, -0.15) is 0 Å². The summed E-state index contributed by atoms with van der Waals surface area (Å²) in [5.41, 5.74) is 2.58. The Labute approximate surface area is 222 Å². The summed E-state index contributed by atoms with van der Waals surface area (Å²) in [7, 11) is 0. The van der Waals surface area contributed by atoms with Crippen molar-refractivity contribution in [3.05, 3.63) is 75.7 Å². The van der Waals surface area contributed by atoms with Gasteiger partial charge in [-0.15, -0.1) is 5.10 Å². The van der Waals surface area contributed by atoms with Crippen LogP contribution in [0.25, 0.3) is 10.9 Å². The van der Waals surface area contributed by atoms with Crippen molar-refractivity contribution in [2.75, 3.05) is 13.2 Å². The van der Waals surface area contributed by atoms with E-state index in [1.54, 1.807) is 6.26 Å². The summed E-state index contributed by atoms with van der Waals surface area (Å²) >= 11 is 0. The van der Waals surface area contributed by atoms with E-state index < -0.39 is 6.04 Å². The maximum atomic E-state index is 13.7. The van der Waals surface area contributed by atoms with Gasteiger partial charge in [-0.05, 0) is 83.8 Å². The van der Waals surface area contributed by atoms with Gasteiger partial charge in [0, 0.05) is 24.2 Å². The van der Waals surface area contributed by atoms with Gasteiger partial charge in [0.15, 0.2) is 5.82 Å². The molecule has 4 aromatic rings. The molecule has 1 aliphatic heterocycles. The fourth-order valence-electron chi connectivity index (χ4n) is 6.08. The van der Waals surface area contributed by atoms with Crippen LogP contribution in [-0.4, -0.2) is 49.3 Å². The number of benzene rings is 1. The lowest BCUT2D eigenvalue weighted by atomic mass is 9.95. The van der Waals surface area contributed by atoms with E-state index in [-0.39, 0.29) is 17.7 Å². The Kier molecular flexibility index (Phi) is 7.38. The molecule has 0 bridgehead atoms. The molecule has 0 unspecified atom stereocenters. The van der Waals surface area contributed by atoms with Crippen LogP contribution < -0.4 is 5.56 Å². The number of furan rings is 1. The van der Waals surface area contributed by atoms with Gasteiger partial charge in [0.05, 0.1) is 25.0 Å². The summed E-state index contributed by atoms with van der Waals surface area (Å²) in [6.45, 7) is 4.07. The highest BCUT2D eigenvalue weighted by Crippen LogP contribution is 2.34. The molecule has 6 rings (SSSR count). The molecule has 3 aromatic heterocycles. The first-order valence-corrected chi connectivity index (χ1v) is 14.0. The number of fused-ring (bicyclic) bond motifs is 1. The maximum absolute atomic E-state index is 13.7. The van der Waals surface area contributed by atoms with Gasteiger partial charge in [0.1, 0.15) is 11.8 Å². The molecule has 1 aromatic carbocycles. The van der Waals surface area contributed by atoms with Gasteiger partial charge in [0.2, 0.25) is 0 Å². The van der Waals surface area contributed by atoms with E-state index in [2.05, 4.69) is 44.5 Å². The molecule has 2 atom stereocenters. The summed E-state index contributed by atoms with van der Waals surface area (Å²) in [5, 5.41) is 14.2. The maximum Gasteiger partial charge on any atom is 0.253 e. The smallest absolute Gasteiger partial charge is 0.253 e. The molecule has 1 saturated heterocycles. The zero-order valence-corrected chi connectivity index (χ0v) is 22.0. The standard InChI is InChI=1S/C29H36N6O3/c1-2-20-12-13-26-21(16-20)17-25(29(36)30-26)27(28-31-32-33-35(28)22-8-4-3-5-9-22)34(18-23-10-6-14-37-23)19-24-11-7-15-38-24/h6,10,12-14,16-17,22,24,27H,2-5,7-9,11,15,18-19H2,1H3,(H,30,36)/t24-,27-/m1/s1. The first-order chi connectivity index (χ1) is 18.7. The number of aryl methyl sites for hydroxylation is 1. The van der Waals surface area contributed by atoms with E-state index in [9.17, 15) is 4.79 Å². The molecule has 200 valence electrons. The molecule has 9 nitrogen and oxygen atoms in total. The van der Waals surface area contributed by atoms with Crippen LogP contribution in [-0.2, 0) is 17.7 Å². The van der Waals surface area contributed by atoms with Crippen LogP contribution in [0.1, 0.15) is 86.7 Å². The Morgan fingerprint density at radius 1 is 1.13 bits per heavy atom. The monoisotopic (exact) mass is 516 g/mol. The van der Waals surface area contributed by atoms with Crippen molar-refractivity contribution < 1.29 is 9.15 Å². The van der Waals surface area contributed by atoms with E-state index in [1.165, 1.54) is 12.0 Å². The molecule has 1 saturated carbocycles. The number of hydrogen-bond donors (Lipinski definition) is 1. The predicted molar refractivity (Wildman–Crippen MR) is 144 cm³/mol. The number of aromatic nitrogens is 5. The van der Waals surface area contributed by atoms with Crippen molar-refractivity contribution in [1.29, 1.82) is 0 Å². The Morgan fingerprint density at radius 2 is 2.03 bits per heavy atom. The molecular weight excluding hydrogens is 480 g/mol. The molecular formula is C29H36N6O3. The number of rotatable bonds is 9. The van der Waals surface area contributed by atoms with Gasteiger partial charge in [-0.1, -0.05) is 32.3 Å². The first kappa shape index (κ1) is 25.0. The highest BCUT2D eigenvalue weighted by atomic mass is 16.5. The molecule has 1 N–H and O–H groups in total. The van der Waals surface area contributed by atoms with E-state index in [0.717, 1.165) is 68.2 Å². The van der Waals surface area contributed by atoms with Crippen molar-refractivity contribution in [1.82, 2.24) is 30.1 Å². The molecule has 4 heterocycles. The molecule has 1 aliphatic carbocycles. The van der Waals surface area contributed by atoms with Gasteiger partial charge in [-0.25, -0.2) is 4.68 Å².